The lowest BCUT2D eigenvalue weighted by atomic mass is 10.1. The van der Waals surface area contributed by atoms with Crippen LogP contribution in [0.25, 0.3) is 0 Å². The SMILES string of the molecule is Cc1cc(F)cc(C#N)c1S(=O)(=O)c1cc(O)c(O)c([N+](=O)[O-])c1. The second-order valence-electron chi connectivity index (χ2n) is 4.78. The van der Waals surface area contributed by atoms with E-state index >= 15 is 0 Å². The predicted octanol–water partition coefficient (Wildman–Crippen LogP) is 2.16. The van der Waals surface area contributed by atoms with Crippen LogP contribution in [0, 0.1) is 34.2 Å². The van der Waals surface area contributed by atoms with Gasteiger partial charge in [-0.15, -0.1) is 0 Å². The van der Waals surface area contributed by atoms with Crippen molar-refractivity contribution in [3.63, 3.8) is 0 Å². The average Bonchev–Trinajstić information content (AvgIpc) is 2.47. The molecule has 24 heavy (non-hydrogen) atoms. The fraction of sp³-hybridized carbons (Fsp3) is 0.0714. The Morgan fingerprint density at radius 2 is 1.88 bits per heavy atom. The molecular formula is C14H9FN2O6S. The monoisotopic (exact) mass is 352 g/mol. The van der Waals surface area contributed by atoms with Crippen molar-refractivity contribution in [3.8, 4) is 17.6 Å². The molecule has 124 valence electrons. The number of hydrogen-bond acceptors (Lipinski definition) is 7. The van der Waals surface area contributed by atoms with E-state index in [2.05, 4.69) is 0 Å². The maximum Gasteiger partial charge on any atom is 0.315 e. The molecule has 0 bridgehead atoms. The Morgan fingerprint density at radius 3 is 2.42 bits per heavy atom. The van der Waals surface area contributed by atoms with Crippen molar-refractivity contribution in [2.24, 2.45) is 0 Å². The van der Waals surface area contributed by atoms with E-state index in [4.69, 9.17) is 5.26 Å². The van der Waals surface area contributed by atoms with Crippen molar-refractivity contribution in [1.29, 1.82) is 5.26 Å². The zero-order valence-electron chi connectivity index (χ0n) is 12.0. The van der Waals surface area contributed by atoms with Crippen LogP contribution in [0.3, 0.4) is 0 Å². The highest BCUT2D eigenvalue weighted by molar-refractivity contribution is 7.91. The molecule has 2 N–H and O–H groups in total. The first-order chi connectivity index (χ1) is 11.1. The smallest absolute Gasteiger partial charge is 0.315 e. The van der Waals surface area contributed by atoms with Gasteiger partial charge in [-0.2, -0.15) is 5.26 Å². The second kappa shape index (κ2) is 5.78. The first-order valence-corrected chi connectivity index (χ1v) is 7.73. The van der Waals surface area contributed by atoms with Gasteiger partial charge in [-0.1, -0.05) is 0 Å². The van der Waals surface area contributed by atoms with Gasteiger partial charge in [-0.25, -0.2) is 12.8 Å². The third-order valence-corrected chi connectivity index (χ3v) is 5.11. The predicted molar refractivity (Wildman–Crippen MR) is 77.7 cm³/mol. The largest absolute Gasteiger partial charge is 0.504 e. The van der Waals surface area contributed by atoms with Crippen LogP contribution < -0.4 is 0 Å². The molecule has 10 heteroatoms. The topological polar surface area (TPSA) is 142 Å². The highest BCUT2D eigenvalue weighted by atomic mass is 32.2. The highest BCUT2D eigenvalue weighted by Gasteiger charge is 2.29. The Labute approximate surface area is 135 Å². The van der Waals surface area contributed by atoms with Crippen molar-refractivity contribution < 1.29 is 27.9 Å². The van der Waals surface area contributed by atoms with Crippen LogP contribution in [0.1, 0.15) is 11.1 Å². The van der Waals surface area contributed by atoms with Gasteiger partial charge in [-0.05, 0) is 24.6 Å². The molecule has 0 amide bonds. The summed E-state index contributed by atoms with van der Waals surface area (Å²) in [5.74, 6) is -2.92. The molecule has 0 aromatic heterocycles. The van der Waals surface area contributed by atoms with Gasteiger partial charge in [0.2, 0.25) is 15.6 Å². The highest BCUT2D eigenvalue weighted by Crippen LogP contribution is 2.39. The van der Waals surface area contributed by atoms with Gasteiger partial charge in [0.15, 0.2) is 5.75 Å². The molecule has 0 saturated carbocycles. The molecule has 0 aliphatic rings. The van der Waals surface area contributed by atoms with E-state index in [1.54, 1.807) is 6.07 Å². The molecule has 0 spiro atoms. The summed E-state index contributed by atoms with van der Waals surface area (Å²) in [7, 11) is -4.49. The number of sulfone groups is 1. The zero-order valence-corrected chi connectivity index (χ0v) is 12.8. The Kier molecular flexibility index (Phi) is 4.14. The van der Waals surface area contributed by atoms with Crippen LogP contribution in [-0.2, 0) is 9.84 Å². The molecule has 0 atom stereocenters. The van der Waals surface area contributed by atoms with E-state index in [9.17, 15) is 33.1 Å². The summed E-state index contributed by atoms with van der Waals surface area (Å²) in [6, 6.07) is 4.32. The van der Waals surface area contributed by atoms with Gasteiger partial charge < -0.3 is 10.2 Å². The molecule has 8 nitrogen and oxygen atoms in total. The molecule has 0 radical (unpaired) electrons. The van der Waals surface area contributed by atoms with Crippen LogP contribution in [0.5, 0.6) is 11.5 Å². The number of phenols is 2. The van der Waals surface area contributed by atoms with Crippen molar-refractivity contribution in [1.82, 2.24) is 0 Å². The molecular weight excluding hydrogens is 343 g/mol. The van der Waals surface area contributed by atoms with E-state index in [0.717, 1.165) is 6.07 Å². The Morgan fingerprint density at radius 1 is 1.25 bits per heavy atom. The maximum absolute atomic E-state index is 13.4. The summed E-state index contributed by atoms with van der Waals surface area (Å²) >= 11 is 0. The van der Waals surface area contributed by atoms with Crippen LogP contribution in [0.15, 0.2) is 34.1 Å². The summed E-state index contributed by atoms with van der Waals surface area (Å²) in [5, 5.41) is 38.9. The van der Waals surface area contributed by atoms with Crippen LogP contribution in [-0.4, -0.2) is 23.6 Å². The number of aryl methyl sites for hydroxylation is 1. The summed E-state index contributed by atoms with van der Waals surface area (Å²) in [6.45, 7) is 1.26. The minimum Gasteiger partial charge on any atom is -0.504 e. The third-order valence-electron chi connectivity index (χ3n) is 3.18. The number of nitro groups is 1. The molecule has 2 aromatic rings. The summed E-state index contributed by atoms with van der Waals surface area (Å²) in [5.41, 5.74) is -1.59. The summed E-state index contributed by atoms with van der Waals surface area (Å²) < 4.78 is 38.8. The number of aromatic hydroxyl groups is 2. The quantitative estimate of drug-likeness (QED) is 0.373. The lowest BCUT2D eigenvalue weighted by molar-refractivity contribution is -0.386. The van der Waals surface area contributed by atoms with E-state index in [1.165, 1.54) is 6.92 Å². The third kappa shape index (κ3) is 2.72. The van der Waals surface area contributed by atoms with Crippen molar-refractivity contribution in [2.75, 3.05) is 0 Å². The molecule has 0 heterocycles. The van der Waals surface area contributed by atoms with E-state index in [1.807, 2.05) is 0 Å². The van der Waals surface area contributed by atoms with Crippen LogP contribution >= 0.6 is 0 Å². The molecule has 0 aliphatic carbocycles. The first kappa shape index (κ1) is 17.2. The van der Waals surface area contributed by atoms with Crippen molar-refractivity contribution >= 4 is 15.5 Å². The fourth-order valence-electron chi connectivity index (χ4n) is 2.16. The fourth-order valence-corrected chi connectivity index (χ4v) is 3.81. The zero-order chi connectivity index (χ0) is 18.2. The minimum absolute atomic E-state index is 0.0817. The van der Waals surface area contributed by atoms with Gasteiger partial charge >= 0.3 is 5.69 Å². The van der Waals surface area contributed by atoms with Gasteiger partial charge in [0.1, 0.15) is 11.9 Å². The molecule has 0 unspecified atom stereocenters. The number of benzene rings is 2. The van der Waals surface area contributed by atoms with Crippen molar-refractivity contribution in [2.45, 2.75) is 16.7 Å². The Bertz CT molecular complexity index is 1010. The first-order valence-electron chi connectivity index (χ1n) is 6.25. The number of nitriles is 1. The van der Waals surface area contributed by atoms with E-state index < -0.39 is 53.1 Å². The minimum atomic E-state index is -4.49. The lowest BCUT2D eigenvalue weighted by Gasteiger charge is -2.11. The number of rotatable bonds is 3. The van der Waals surface area contributed by atoms with E-state index in [0.29, 0.717) is 18.2 Å². The standard InChI is InChI=1S/C14H9FN2O6S/c1-7-2-9(15)3-8(6-16)14(7)24(22,23)10-4-11(17(20)21)13(19)12(18)5-10/h2-5,18-19H,1H3. The van der Waals surface area contributed by atoms with Crippen molar-refractivity contribution in [3.05, 3.63) is 51.3 Å². The van der Waals surface area contributed by atoms with E-state index in [-0.39, 0.29) is 5.56 Å². The van der Waals surface area contributed by atoms with Gasteiger partial charge in [0, 0.05) is 12.1 Å². The van der Waals surface area contributed by atoms with Gasteiger partial charge in [0.25, 0.3) is 0 Å². The second-order valence-corrected chi connectivity index (χ2v) is 6.67. The lowest BCUT2D eigenvalue weighted by Crippen LogP contribution is -2.08. The molecule has 2 rings (SSSR count). The molecule has 0 aliphatic heterocycles. The number of hydrogen-bond donors (Lipinski definition) is 2. The number of phenolic OH excluding ortho intramolecular Hbond substituents is 2. The number of nitrogens with zero attached hydrogens (tertiary/aromatic N) is 2. The normalized spacial score (nSPS) is 11.0. The van der Waals surface area contributed by atoms with Crippen LogP contribution in [0.2, 0.25) is 0 Å². The Hall–Kier alpha value is -3.19. The molecule has 2 aromatic carbocycles. The summed E-state index contributed by atoms with van der Waals surface area (Å²) in [4.78, 5) is 8.54. The number of halogens is 1. The van der Waals surface area contributed by atoms with Gasteiger partial charge in [-0.3, -0.25) is 10.1 Å². The van der Waals surface area contributed by atoms with Gasteiger partial charge in [0.05, 0.1) is 20.3 Å². The number of nitro benzene ring substituents is 1. The van der Waals surface area contributed by atoms with Crippen LogP contribution in [0.4, 0.5) is 10.1 Å². The average molecular weight is 352 g/mol. The molecule has 0 saturated heterocycles. The molecule has 0 fully saturated rings. The summed E-state index contributed by atoms with van der Waals surface area (Å²) in [6.07, 6.45) is 0. The Balaban J connectivity index is 2.84. The maximum atomic E-state index is 13.4.